The Morgan fingerprint density at radius 2 is 1.88 bits per heavy atom. The van der Waals surface area contributed by atoms with Crippen LogP contribution < -0.4 is 4.90 Å². The maximum absolute atomic E-state index is 12.5. The molecule has 0 atom stereocenters. The lowest BCUT2D eigenvalue weighted by atomic mass is 10.2. The number of carbonyl (C=O) groups is 1. The van der Waals surface area contributed by atoms with Crippen molar-refractivity contribution >= 4 is 11.7 Å². The van der Waals surface area contributed by atoms with Crippen LogP contribution in [0.4, 0.5) is 5.82 Å². The van der Waals surface area contributed by atoms with Crippen molar-refractivity contribution in [2.24, 2.45) is 7.05 Å². The monoisotopic (exact) mass is 329 g/mol. The van der Waals surface area contributed by atoms with Crippen molar-refractivity contribution in [3.05, 3.63) is 29.5 Å². The van der Waals surface area contributed by atoms with Crippen LogP contribution >= 0.6 is 0 Å². The van der Waals surface area contributed by atoms with Crippen molar-refractivity contribution in [2.75, 3.05) is 31.1 Å². The lowest BCUT2D eigenvalue weighted by Crippen LogP contribution is -2.49. The highest BCUT2D eigenvalue weighted by Gasteiger charge is 2.25. The van der Waals surface area contributed by atoms with E-state index in [0.29, 0.717) is 24.7 Å². The van der Waals surface area contributed by atoms with Crippen LogP contribution in [0.3, 0.4) is 0 Å². The zero-order chi connectivity index (χ0) is 17.3. The maximum Gasteiger partial charge on any atom is 0.273 e. The highest BCUT2D eigenvalue weighted by Crippen LogP contribution is 2.19. The second kappa shape index (κ2) is 6.54. The minimum Gasteiger partial charge on any atom is -0.353 e. The molecule has 1 saturated heterocycles. The zero-order valence-electron chi connectivity index (χ0n) is 14.6. The van der Waals surface area contributed by atoms with Gasteiger partial charge < -0.3 is 9.80 Å². The van der Waals surface area contributed by atoms with Crippen LogP contribution in [-0.4, -0.2) is 61.9 Å². The summed E-state index contributed by atoms with van der Waals surface area (Å²) in [7, 11) is 1.73. The molecular weight excluding hydrogens is 306 g/mol. The third-order valence-electron chi connectivity index (χ3n) is 4.20. The lowest BCUT2D eigenvalue weighted by Gasteiger charge is -2.35. The van der Waals surface area contributed by atoms with Gasteiger partial charge in [0.05, 0.1) is 6.20 Å². The molecule has 128 valence electrons. The first kappa shape index (κ1) is 16.4. The maximum atomic E-state index is 12.5. The Labute approximate surface area is 141 Å². The number of amides is 1. The van der Waals surface area contributed by atoms with Crippen LogP contribution in [0, 0.1) is 6.92 Å². The Morgan fingerprint density at radius 1 is 1.17 bits per heavy atom. The van der Waals surface area contributed by atoms with Gasteiger partial charge in [-0.15, -0.1) is 5.10 Å². The van der Waals surface area contributed by atoms with E-state index in [0.717, 1.165) is 30.4 Å². The molecule has 0 saturated carbocycles. The number of hydrogen-bond acceptors (Lipinski definition) is 6. The highest BCUT2D eigenvalue weighted by atomic mass is 16.2. The minimum atomic E-state index is -0.0242. The quantitative estimate of drug-likeness (QED) is 0.836. The number of hydrogen-bond donors (Lipinski definition) is 0. The first-order valence-electron chi connectivity index (χ1n) is 8.20. The van der Waals surface area contributed by atoms with Gasteiger partial charge in [-0.2, -0.15) is 0 Å². The molecule has 0 N–H and O–H groups in total. The Bertz CT molecular complexity index is 732. The summed E-state index contributed by atoms with van der Waals surface area (Å²) in [4.78, 5) is 25.7. The molecular formula is C16H23N7O. The third-order valence-corrected chi connectivity index (χ3v) is 4.20. The molecule has 3 rings (SSSR count). The van der Waals surface area contributed by atoms with Crippen LogP contribution in [0.1, 0.15) is 41.8 Å². The first-order valence-corrected chi connectivity index (χ1v) is 8.20. The topological polar surface area (TPSA) is 80.0 Å². The summed E-state index contributed by atoms with van der Waals surface area (Å²) in [6.07, 6.45) is 1.51. The van der Waals surface area contributed by atoms with E-state index in [1.165, 1.54) is 10.9 Å². The predicted octanol–water partition coefficient (Wildman–Crippen LogP) is 0.999. The van der Waals surface area contributed by atoms with Crippen LogP contribution in [-0.2, 0) is 7.05 Å². The molecule has 2 aromatic rings. The molecule has 0 aliphatic carbocycles. The molecule has 3 heterocycles. The average molecular weight is 329 g/mol. The largest absolute Gasteiger partial charge is 0.353 e. The molecule has 0 radical (unpaired) electrons. The van der Waals surface area contributed by atoms with Gasteiger partial charge >= 0.3 is 0 Å². The molecule has 1 aliphatic heterocycles. The van der Waals surface area contributed by atoms with Gasteiger partial charge in [0.2, 0.25) is 0 Å². The van der Waals surface area contributed by atoms with E-state index in [2.05, 4.69) is 39.0 Å². The Balaban J connectivity index is 1.69. The van der Waals surface area contributed by atoms with Gasteiger partial charge in [-0.05, 0) is 6.92 Å². The molecule has 2 aromatic heterocycles. The van der Waals surface area contributed by atoms with Crippen LogP contribution in [0.5, 0.6) is 0 Å². The number of piperazine rings is 1. The summed E-state index contributed by atoms with van der Waals surface area (Å²) in [5.41, 5.74) is 1.49. The van der Waals surface area contributed by atoms with Crippen LogP contribution in [0.15, 0.2) is 12.3 Å². The fourth-order valence-corrected chi connectivity index (χ4v) is 2.78. The summed E-state index contributed by atoms with van der Waals surface area (Å²) in [6, 6.07) is 2.01. The molecule has 0 bridgehead atoms. The molecule has 0 aromatic carbocycles. The summed E-state index contributed by atoms with van der Waals surface area (Å²) in [5, 5.41) is 7.60. The first-order chi connectivity index (χ1) is 11.5. The number of nitrogens with zero attached hydrogens (tertiary/aromatic N) is 7. The Kier molecular flexibility index (Phi) is 4.46. The van der Waals surface area contributed by atoms with E-state index in [1.54, 1.807) is 7.05 Å². The standard InChI is InChI=1S/C16H23N7O/c1-11(2)15-18-12(3)9-14(19-15)22-5-7-23(8-6-22)16(24)13-10-17-20-21(13)4/h9-11H,5-8H2,1-4H3. The van der Waals surface area contributed by atoms with Crippen molar-refractivity contribution < 1.29 is 4.79 Å². The second-order valence-electron chi connectivity index (χ2n) is 6.40. The van der Waals surface area contributed by atoms with E-state index in [4.69, 9.17) is 0 Å². The van der Waals surface area contributed by atoms with E-state index in [1.807, 2.05) is 17.9 Å². The molecule has 24 heavy (non-hydrogen) atoms. The third kappa shape index (κ3) is 3.22. The minimum absolute atomic E-state index is 0.0242. The summed E-state index contributed by atoms with van der Waals surface area (Å²) in [6.45, 7) is 9.00. The molecule has 0 unspecified atom stereocenters. The van der Waals surface area contributed by atoms with Gasteiger partial charge in [-0.1, -0.05) is 19.1 Å². The van der Waals surface area contributed by atoms with Crippen molar-refractivity contribution in [1.29, 1.82) is 0 Å². The second-order valence-corrected chi connectivity index (χ2v) is 6.40. The van der Waals surface area contributed by atoms with E-state index < -0.39 is 0 Å². The number of aromatic nitrogens is 5. The Hall–Kier alpha value is -2.51. The Morgan fingerprint density at radius 3 is 2.46 bits per heavy atom. The number of aryl methyl sites for hydroxylation is 2. The van der Waals surface area contributed by atoms with Crippen molar-refractivity contribution in [3.63, 3.8) is 0 Å². The SMILES string of the molecule is Cc1cc(N2CCN(C(=O)c3cnnn3C)CC2)nc(C(C)C)n1. The molecule has 1 amide bonds. The van der Waals surface area contributed by atoms with Gasteiger partial charge in [0.15, 0.2) is 0 Å². The van der Waals surface area contributed by atoms with E-state index in [9.17, 15) is 4.79 Å². The van der Waals surface area contributed by atoms with E-state index in [-0.39, 0.29) is 5.91 Å². The molecule has 8 heteroatoms. The van der Waals surface area contributed by atoms with Crippen LogP contribution in [0.25, 0.3) is 0 Å². The van der Waals surface area contributed by atoms with Crippen molar-refractivity contribution in [1.82, 2.24) is 29.9 Å². The fourth-order valence-electron chi connectivity index (χ4n) is 2.78. The lowest BCUT2D eigenvalue weighted by molar-refractivity contribution is 0.0735. The normalized spacial score (nSPS) is 15.2. The van der Waals surface area contributed by atoms with Crippen LogP contribution in [0.2, 0.25) is 0 Å². The summed E-state index contributed by atoms with van der Waals surface area (Å²) in [5.74, 6) is 2.08. The van der Waals surface area contributed by atoms with Gasteiger partial charge in [-0.3, -0.25) is 4.79 Å². The fraction of sp³-hybridized carbons (Fsp3) is 0.562. The highest BCUT2D eigenvalue weighted by molar-refractivity contribution is 5.92. The summed E-state index contributed by atoms with van der Waals surface area (Å²) >= 11 is 0. The number of rotatable bonds is 3. The van der Waals surface area contributed by atoms with Gasteiger partial charge in [0.1, 0.15) is 17.3 Å². The van der Waals surface area contributed by atoms with E-state index >= 15 is 0 Å². The predicted molar refractivity (Wildman–Crippen MR) is 90.0 cm³/mol. The van der Waals surface area contributed by atoms with Crippen molar-refractivity contribution in [2.45, 2.75) is 26.7 Å². The smallest absolute Gasteiger partial charge is 0.273 e. The zero-order valence-corrected chi connectivity index (χ0v) is 14.6. The van der Waals surface area contributed by atoms with Crippen molar-refractivity contribution in [3.8, 4) is 0 Å². The molecule has 1 fully saturated rings. The average Bonchev–Trinajstić information content (AvgIpc) is 2.99. The van der Waals surface area contributed by atoms with Gasteiger partial charge in [0.25, 0.3) is 5.91 Å². The van der Waals surface area contributed by atoms with Gasteiger partial charge in [0, 0.05) is 50.9 Å². The number of anilines is 1. The molecule has 1 aliphatic rings. The molecule has 8 nitrogen and oxygen atoms in total. The summed E-state index contributed by atoms with van der Waals surface area (Å²) < 4.78 is 1.51. The number of carbonyl (C=O) groups excluding carboxylic acids is 1. The molecule has 0 spiro atoms. The van der Waals surface area contributed by atoms with Gasteiger partial charge in [-0.25, -0.2) is 14.6 Å².